The molecule has 3 rings (SSSR count). The largest absolute Gasteiger partial charge is 0.325 e. The second kappa shape index (κ2) is 6.71. The van der Waals surface area contributed by atoms with Crippen LogP contribution >= 0.6 is 0 Å². The molecule has 24 heavy (non-hydrogen) atoms. The fraction of sp³-hybridized carbons (Fsp3) is 0.444. The van der Waals surface area contributed by atoms with Gasteiger partial charge in [0, 0.05) is 37.1 Å². The number of pyridine rings is 1. The first-order chi connectivity index (χ1) is 11.5. The van der Waals surface area contributed by atoms with Crippen LogP contribution in [0, 0.1) is 18.3 Å². The highest BCUT2D eigenvalue weighted by Gasteiger charge is 2.26. The van der Waals surface area contributed by atoms with Gasteiger partial charge in [0.1, 0.15) is 6.17 Å². The Morgan fingerprint density at radius 3 is 2.88 bits per heavy atom. The lowest BCUT2D eigenvalue weighted by Gasteiger charge is -2.32. The van der Waals surface area contributed by atoms with Crippen molar-refractivity contribution in [3.63, 3.8) is 0 Å². The lowest BCUT2D eigenvalue weighted by Crippen LogP contribution is -2.49. The van der Waals surface area contributed by atoms with Crippen molar-refractivity contribution >= 4 is 10.9 Å². The van der Waals surface area contributed by atoms with Gasteiger partial charge < -0.3 is 10.3 Å². The maximum Gasteiger partial charge on any atom is 0.251 e. The van der Waals surface area contributed by atoms with Gasteiger partial charge in [-0.15, -0.1) is 0 Å². The van der Waals surface area contributed by atoms with Gasteiger partial charge in [-0.25, -0.2) is 4.39 Å². The smallest absolute Gasteiger partial charge is 0.251 e. The molecule has 0 saturated carbocycles. The highest BCUT2D eigenvalue weighted by Crippen LogP contribution is 2.19. The van der Waals surface area contributed by atoms with E-state index >= 15 is 0 Å². The molecular weight excluding hydrogens is 307 g/mol. The van der Waals surface area contributed by atoms with E-state index in [4.69, 9.17) is 11.0 Å². The van der Waals surface area contributed by atoms with E-state index < -0.39 is 6.17 Å². The number of halogens is 1. The van der Waals surface area contributed by atoms with Crippen molar-refractivity contribution in [2.24, 2.45) is 5.73 Å². The standard InChI is InChI=1S/C18H21FN4O/c1-12-8-18(24)23(17-9-13(10-20)2-3-14(12)17)7-6-22-5-4-16(21)15(19)11-22/h2-3,8-9,15-16H,4-7,11,21H2,1H3/t15-,16+/m1/s1. The molecule has 0 bridgehead atoms. The van der Waals surface area contributed by atoms with Gasteiger partial charge in [-0.2, -0.15) is 5.26 Å². The summed E-state index contributed by atoms with van der Waals surface area (Å²) in [7, 11) is 0. The van der Waals surface area contributed by atoms with Gasteiger partial charge in [0.25, 0.3) is 5.56 Å². The van der Waals surface area contributed by atoms with Crippen LogP contribution in [0.3, 0.4) is 0 Å². The Morgan fingerprint density at radius 2 is 2.17 bits per heavy atom. The summed E-state index contributed by atoms with van der Waals surface area (Å²) < 4.78 is 15.4. The number of piperidine rings is 1. The van der Waals surface area contributed by atoms with Crippen LogP contribution in [0.4, 0.5) is 4.39 Å². The van der Waals surface area contributed by atoms with Crippen LogP contribution in [-0.4, -0.2) is 41.3 Å². The normalized spacial score (nSPS) is 21.8. The van der Waals surface area contributed by atoms with Crippen molar-refractivity contribution in [2.45, 2.75) is 32.1 Å². The second-order valence-electron chi connectivity index (χ2n) is 6.43. The minimum Gasteiger partial charge on any atom is -0.325 e. The Labute approximate surface area is 140 Å². The number of benzene rings is 1. The Balaban J connectivity index is 1.89. The van der Waals surface area contributed by atoms with E-state index in [0.717, 1.165) is 23.0 Å². The number of nitriles is 1. The minimum absolute atomic E-state index is 0.0967. The summed E-state index contributed by atoms with van der Waals surface area (Å²) >= 11 is 0. The molecule has 1 aliphatic heterocycles. The molecule has 2 atom stereocenters. The van der Waals surface area contributed by atoms with Crippen LogP contribution in [0.1, 0.15) is 17.5 Å². The molecule has 1 aliphatic rings. The molecule has 2 N–H and O–H groups in total. The van der Waals surface area contributed by atoms with Gasteiger partial charge >= 0.3 is 0 Å². The summed E-state index contributed by atoms with van der Waals surface area (Å²) in [4.78, 5) is 14.4. The van der Waals surface area contributed by atoms with Crippen LogP contribution in [0.5, 0.6) is 0 Å². The van der Waals surface area contributed by atoms with E-state index in [1.165, 1.54) is 0 Å². The molecule has 0 radical (unpaired) electrons. The monoisotopic (exact) mass is 328 g/mol. The molecule has 1 saturated heterocycles. The summed E-state index contributed by atoms with van der Waals surface area (Å²) in [6, 6.07) is 8.70. The van der Waals surface area contributed by atoms with Gasteiger partial charge in [-0.3, -0.25) is 9.69 Å². The molecule has 0 amide bonds. The fourth-order valence-electron chi connectivity index (χ4n) is 3.28. The lowest BCUT2D eigenvalue weighted by atomic mass is 10.0. The molecular formula is C18H21FN4O. The van der Waals surface area contributed by atoms with Crippen molar-refractivity contribution in [3.8, 4) is 6.07 Å². The maximum atomic E-state index is 13.8. The Kier molecular flexibility index (Phi) is 4.65. The topological polar surface area (TPSA) is 75.1 Å². The molecule has 126 valence electrons. The number of aryl methyl sites for hydroxylation is 1. The van der Waals surface area contributed by atoms with Gasteiger partial charge in [0.05, 0.1) is 17.1 Å². The number of fused-ring (bicyclic) bond motifs is 1. The summed E-state index contributed by atoms with van der Waals surface area (Å²) in [6.45, 7) is 3.99. The predicted octanol–water partition coefficient (Wildman–Crippen LogP) is 1.55. The molecule has 2 aromatic rings. The molecule has 6 heteroatoms. The Bertz CT molecular complexity index is 854. The number of hydrogen-bond acceptors (Lipinski definition) is 4. The zero-order valence-electron chi connectivity index (χ0n) is 13.7. The zero-order chi connectivity index (χ0) is 17.3. The van der Waals surface area contributed by atoms with E-state index in [2.05, 4.69) is 6.07 Å². The van der Waals surface area contributed by atoms with E-state index in [1.54, 1.807) is 22.8 Å². The van der Waals surface area contributed by atoms with Crippen LogP contribution in [0.25, 0.3) is 10.9 Å². The number of hydrogen-bond donors (Lipinski definition) is 1. The molecule has 1 aromatic carbocycles. The third-order valence-corrected chi connectivity index (χ3v) is 4.76. The zero-order valence-corrected chi connectivity index (χ0v) is 13.7. The molecule has 0 spiro atoms. The molecule has 5 nitrogen and oxygen atoms in total. The highest BCUT2D eigenvalue weighted by atomic mass is 19.1. The van der Waals surface area contributed by atoms with Crippen LogP contribution in [0.2, 0.25) is 0 Å². The van der Waals surface area contributed by atoms with Gasteiger partial charge in [-0.1, -0.05) is 6.07 Å². The van der Waals surface area contributed by atoms with Crippen molar-refractivity contribution in [1.82, 2.24) is 9.47 Å². The maximum absolute atomic E-state index is 13.8. The molecule has 1 fully saturated rings. The van der Waals surface area contributed by atoms with Crippen molar-refractivity contribution in [3.05, 3.63) is 45.7 Å². The summed E-state index contributed by atoms with van der Waals surface area (Å²) in [5.41, 5.74) is 7.78. The van der Waals surface area contributed by atoms with Crippen LogP contribution < -0.4 is 11.3 Å². The Hall–Kier alpha value is -2.23. The SMILES string of the molecule is Cc1cc(=O)n(CCN2CC[C@H](N)[C@H](F)C2)c2cc(C#N)ccc12. The van der Waals surface area contributed by atoms with Gasteiger partial charge in [-0.05, 0) is 37.6 Å². The van der Waals surface area contributed by atoms with E-state index in [9.17, 15) is 9.18 Å². The van der Waals surface area contributed by atoms with E-state index in [-0.39, 0.29) is 11.6 Å². The molecule has 1 aromatic heterocycles. The summed E-state index contributed by atoms with van der Waals surface area (Å²) in [5.74, 6) is 0. The number of nitrogens with zero attached hydrogens (tertiary/aromatic N) is 3. The second-order valence-corrected chi connectivity index (χ2v) is 6.43. The van der Waals surface area contributed by atoms with Crippen LogP contribution in [-0.2, 0) is 6.54 Å². The predicted molar refractivity (Wildman–Crippen MR) is 91.6 cm³/mol. The van der Waals surface area contributed by atoms with Crippen molar-refractivity contribution in [1.29, 1.82) is 5.26 Å². The average molecular weight is 328 g/mol. The molecule has 0 aliphatic carbocycles. The molecule has 0 unspecified atom stereocenters. The van der Waals surface area contributed by atoms with E-state index in [1.807, 2.05) is 17.9 Å². The first-order valence-electron chi connectivity index (χ1n) is 8.16. The summed E-state index contributed by atoms with van der Waals surface area (Å²) in [6.07, 6.45) is -0.390. The third kappa shape index (κ3) is 3.18. The number of likely N-dealkylation sites (tertiary alicyclic amines) is 1. The first kappa shape index (κ1) is 16.6. The third-order valence-electron chi connectivity index (χ3n) is 4.76. The summed E-state index contributed by atoms with van der Waals surface area (Å²) in [5, 5.41) is 10.1. The number of aromatic nitrogens is 1. The Morgan fingerprint density at radius 1 is 1.38 bits per heavy atom. The van der Waals surface area contributed by atoms with Gasteiger partial charge in [0.15, 0.2) is 0 Å². The van der Waals surface area contributed by atoms with Crippen molar-refractivity contribution < 1.29 is 4.39 Å². The molecule has 2 heterocycles. The number of rotatable bonds is 3. The first-order valence-corrected chi connectivity index (χ1v) is 8.16. The fourth-order valence-corrected chi connectivity index (χ4v) is 3.28. The number of alkyl halides is 1. The number of nitrogens with two attached hydrogens (primary N) is 1. The quantitative estimate of drug-likeness (QED) is 0.928. The average Bonchev–Trinajstić information content (AvgIpc) is 2.57. The lowest BCUT2D eigenvalue weighted by molar-refractivity contribution is 0.116. The van der Waals surface area contributed by atoms with E-state index in [0.29, 0.717) is 31.6 Å². The highest BCUT2D eigenvalue weighted by molar-refractivity contribution is 5.83. The van der Waals surface area contributed by atoms with Crippen LogP contribution in [0.15, 0.2) is 29.1 Å². The van der Waals surface area contributed by atoms with Crippen molar-refractivity contribution in [2.75, 3.05) is 19.6 Å². The minimum atomic E-state index is -1.02. The van der Waals surface area contributed by atoms with Gasteiger partial charge in [0.2, 0.25) is 0 Å².